The predicted octanol–water partition coefficient (Wildman–Crippen LogP) is 4.44. The number of carbonyl (C=O) groups is 1. The first kappa shape index (κ1) is 21.3. The molecule has 0 radical (unpaired) electrons. The molecule has 1 aromatic carbocycles. The van der Waals surface area contributed by atoms with Crippen molar-refractivity contribution < 1.29 is 17.9 Å². The summed E-state index contributed by atoms with van der Waals surface area (Å²) in [6, 6.07) is 8.50. The van der Waals surface area contributed by atoms with Crippen LogP contribution in [0.1, 0.15) is 47.5 Å². The Morgan fingerprint density at radius 1 is 1.33 bits per heavy atom. The summed E-state index contributed by atoms with van der Waals surface area (Å²) in [5.74, 6) is -0.386. The molecular weight excluding hydrogens is 404 g/mol. The van der Waals surface area contributed by atoms with Gasteiger partial charge in [-0.2, -0.15) is 5.26 Å². The molecule has 6 nitrogen and oxygen atoms in total. The zero-order valence-corrected chi connectivity index (χ0v) is 17.8. The van der Waals surface area contributed by atoms with Gasteiger partial charge in [-0.15, -0.1) is 23.1 Å². The molecule has 1 heterocycles. The topological polar surface area (TPSA) is 96.3 Å². The molecule has 0 bridgehead atoms. The number of nitrogens with one attached hydrogen (secondary N) is 1. The van der Waals surface area contributed by atoms with Gasteiger partial charge in [0, 0.05) is 0 Å². The molecule has 0 fully saturated rings. The monoisotopic (exact) mass is 424 g/mol. The molecule has 1 N–H and O–H groups in total. The molecule has 0 atom stereocenters. The van der Waals surface area contributed by atoms with Crippen LogP contribution in [-0.2, 0) is 14.8 Å². The van der Waals surface area contributed by atoms with Gasteiger partial charge in [-0.3, -0.25) is 4.72 Å². The van der Waals surface area contributed by atoms with Crippen LogP contribution < -0.4 is 4.72 Å². The second kappa shape index (κ2) is 8.78. The molecule has 0 aliphatic rings. The Balaban J connectivity index is 2.49. The van der Waals surface area contributed by atoms with Gasteiger partial charge in [0.15, 0.2) is 0 Å². The minimum atomic E-state index is -3.97. The molecule has 0 unspecified atom stereocenters. The van der Waals surface area contributed by atoms with Crippen LogP contribution in [0.25, 0.3) is 0 Å². The number of sulfonamides is 1. The maximum Gasteiger partial charge on any atom is 0.350 e. The van der Waals surface area contributed by atoms with Crippen molar-refractivity contribution in [1.82, 2.24) is 0 Å². The van der Waals surface area contributed by atoms with Crippen molar-refractivity contribution in [3.63, 3.8) is 0 Å². The predicted molar refractivity (Wildman–Crippen MR) is 108 cm³/mol. The molecule has 0 saturated carbocycles. The summed E-state index contributed by atoms with van der Waals surface area (Å²) in [4.78, 5) is 12.4. The highest BCUT2D eigenvalue weighted by Gasteiger charge is 2.27. The number of benzene rings is 1. The number of anilines is 1. The number of rotatable bonds is 7. The van der Waals surface area contributed by atoms with Crippen LogP contribution >= 0.6 is 23.1 Å². The van der Waals surface area contributed by atoms with E-state index in [2.05, 4.69) is 4.72 Å². The summed E-state index contributed by atoms with van der Waals surface area (Å²) >= 11 is 2.31. The van der Waals surface area contributed by atoms with E-state index in [4.69, 9.17) is 4.74 Å². The Kier molecular flexibility index (Phi) is 6.92. The maximum atomic E-state index is 12.8. The highest BCUT2D eigenvalue weighted by Crippen LogP contribution is 2.40. The van der Waals surface area contributed by atoms with Crippen molar-refractivity contribution in [2.45, 2.75) is 35.8 Å². The molecule has 2 rings (SSSR count). The molecule has 1 aromatic heterocycles. The molecular formula is C18H20N2O4S3. The lowest BCUT2D eigenvalue weighted by atomic mass is 10.0. The number of hydrogen-bond acceptors (Lipinski definition) is 7. The first-order valence-corrected chi connectivity index (χ1v) is 11.7. The van der Waals surface area contributed by atoms with E-state index in [1.807, 2.05) is 19.9 Å². The molecule has 9 heteroatoms. The van der Waals surface area contributed by atoms with E-state index in [1.165, 1.54) is 23.9 Å². The minimum Gasteiger partial charge on any atom is -0.462 e. The Labute approximate surface area is 167 Å². The summed E-state index contributed by atoms with van der Waals surface area (Å²) in [7, 11) is -3.97. The molecule has 0 spiro atoms. The van der Waals surface area contributed by atoms with E-state index < -0.39 is 16.0 Å². The first-order chi connectivity index (χ1) is 12.7. The van der Waals surface area contributed by atoms with Gasteiger partial charge in [-0.25, -0.2) is 13.2 Å². The lowest BCUT2D eigenvalue weighted by molar-refractivity contribution is 0.0533. The molecule has 2 aromatic rings. The van der Waals surface area contributed by atoms with Gasteiger partial charge in [-0.1, -0.05) is 26.0 Å². The maximum absolute atomic E-state index is 12.8. The van der Waals surface area contributed by atoms with Gasteiger partial charge >= 0.3 is 5.97 Å². The van der Waals surface area contributed by atoms with Gasteiger partial charge in [0.05, 0.1) is 21.4 Å². The molecule has 0 aliphatic heterocycles. The number of hydrogen-bond donors (Lipinski definition) is 1. The smallest absolute Gasteiger partial charge is 0.350 e. The zero-order valence-electron chi connectivity index (χ0n) is 15.4. The molecule has 0 amide bonds. The van der Waals surface area contributed by atoms with Crippen molar-refractivity contribution in [1.29, 1.82) is 5.26 Å². The molecule has 0 saturated heterocycles. The Morgan fingerprint density at radius 3 is 2.44 bits per heavy atom. The number of nitriles is 1. The summed E-state index contributed by atoms with van der Waals surface area (Å²) in [5.41, 5.74) is 1.11. The van der Waals surface area contributed by atoms with Gasteiger partial charge in [0.25, 0.3) is 10.0 Å². The first-order valence-electron chi connectivity index (χ1n) is 8.15. The van der Waals surface area contributed by atoms with E-state index in [9.17, 15) is 18.5 Å². The normalized spacial score (nSPS) is 11.3. The number of carbonyl (C=O) groups excluding carboxylic acids is 1. The van der Waals surface area contributed by atoms with Crippen molar-refractivity contribution in [3.8, 4) is 6.07 Å². The second-order valence-corrected chi connectivity index (χ2v) is 9.61. The fraction of sp³-hybridized carbons (Fsp3) is 0.333. The Bertz CT molecular complexity index is 971. The van der Waals surface area contributed by atoms with E-state index in [0.717, 1.165) is 16.9 Å². The Morgan fingerprint density at radius 2 is 1.96 bits per heavy atom. The number of esters is 1. The molecule has 27 heavy (non-hydrogen) atoms. The van der Waals surface area contributed by atoms with Crippen LogP contribution in [0.4, 0.5) is 5.69 Å². The summed E-state index contributed by atoms with van der Waals surface area (Å²) < 4.78 is 33.6. The molecule has 0 aliphatic carbocycles. The van der Waals surface area contributed by atoms with Crippen LogP contribution in [0.5, 0.6) is 0 Å². The van der Waals surface area contributed by atoms with Crippen LogP contribution in [0, 0.1) is 11.3 Å². The SMILES string of the molecule is CCOC(=O)c1sc(SC)c(C#N)c1NS(=O)(=O)c1ccc(C(C)C)cc1. The highest BCUT2D eigenvalue weighted by atomic mass is 32.2. The van der Waals surface area contributed by atoms with Gasteiger partial charge < -0.3 is 4.74 Å². The van der Waals surface area contributed by atoms with Crippen LogP contribution in [0.15, 0.2) is 33.4 Å². The van der Waals surface area contributed by atoms with Crippen LogP contribution in [-0.4, -0.2) is 27.2 Å². The average Bonchev–Trinajstić information content (AvgIpc) is 2.98. The van der Waals surface area contributed by atoms with Crippen LogP contribution in [0.3, 0.4) is 0 Å². The summed E-state index contributed by atoms with van der Waals surface area (Å²) in [5, 5.41) is 9.48. The minimum absolute atomic E-state index is 0.0294. The van der Waals surface area contributed by atoms with Crippen molar-refractivity contribution in [2.24, 2.45) is 0 Å². The third kappa shape index (κ3) is 4.64. The van der Waals surface area contributed by atoms with E-state index >= 15 is 0 Å². The van der Waals surface area contributed by atoms with Crippen molar-refractivity contribution >= 4 is 44.8 Å². The van der Waals surface area contributed by atoms with Crippen molar-refractivity contribution in [3.05, 3.63) is 40.3 Å². The Hall–Kier alpha value is -2.02. The third-order valence-corrected chi connectivity index (χ3v) is 7.38. The van der Waals surface area contributed by atoms with Crippen molar-refractivity contribution in [2.75, 3.05) is 17.6 Å². The standard InChI is InChI=1S/C18H20N2O4S3/c1-5-24-17(21)16-15(14(10-19)18(25-4)26-16)20-27(22,23)13-8-6-12(7-9-13)11(2)3/h6-9,11,20H,5H2,1-4H3. The fourth-order valence-corrected chi connectivity index (χ4v) is 5.24. The summed E-state index contributed by atoms with van der Waals surface area (Å²) in [6.07, 6.45) is 1.75. The lowest BCUT2D eigenvalue weighted by Crippen LogP contribution is -2.16. The van der Waals surface area contributed by atoms with Gasteiger partial charge in [0.1, 0.15) is 16.5 Å². The summed E-state index contributed by atoms with van der Waals surface area (Å²) in [6.45, 7) is 5.84. The quantitative estimate of drug-likeness (QED) is 0.521. The number of thiophene rings is 1. The number of ether oxygens (including phenoxy) is 1. The number of nitrogens with zero attached hydrogens (tertiary/aromatic N) is 1. The highest BCUT2D eigenvalue weighted by molar-refractivity contribution is 8.00. The molecule has 144 valence electrons. The van der Waals surface area contributed by atoms with E-state index in [-0.39, 0.29) is 33.5 Å². The van der Waals surface area contributed by atoms with Crippen LogP contribution in [0.2, 0.25) is 0 Å². The van der Waals surface area contributed by atoms with Gasteiger partial charge in [-0.05, 0) is 36.8 Å². The number of thioether (sulfide) groups is 1. The van der Waals surface area contributed by atoms with Gasteiger partial charge in [0.2, 0.25) is 0 Å². The second-order valence-electron chi connectivity index (χ2n) is 5.83. The zero-order chi connectivity index (χ0) is 20.2. The average molecular weight is 425 g/mol. The fourth-order valence-electron chi connectivity index (χ4n) is 2.32. The van der Waals surface area contributed by atoms with E-state index in [1.54, 1.807) is 25.3 Å². The third-order valence-electron chi connectivity index (χ3n) is 3.73. The lowest BCUT2D eigenvalue weighted by Gasteiger charge is -2.11. The largest absolute Gasteiger partial charge is 0.462 e. The van der Waals surface area contributed by atoms with E-state index in [0.29, 0.717) is 4.21 Å².